The third-order valence-electron chi connectivity index (χ3n) is 5.70. The summed E-state index contributed by atoms with van der Waals surface area (Å²) in [7, 11) is 0. The molecule has 3 amide bonds. The summed E-state index contributed by atoms with van der Waals surface area (Å²) in [5, 5.41) is 5.63. The van der Waals surface area contributed by atoms with Crippen molar-refractivity contribution in [3.8, 4) is 0 Å². The summed E-state index contributed by atoms with van der Waals surface area (Å²) in [5.41, 5.74) is 0. The van der Waals surface area contributed by atoms with Crippen LogP contribution in [0, 0.1) is 0 Å². The number of hydrogen-bond donors (Lipinski definition) is 2. The molecule has 33 heavy (non-hydrogen) atoms. The Morgan fingerprint density at radius 3 is 2.33 bits per heavy atom. The van der Waals surface area contributed by atoms with Gasteiger partial charge in [-0.15, -0.1) is 0 Å². The van der Waals surface area contributed by atoms with Gasteiger partial charge in [-0.2, -0.15) is 0 Å². The molecule has 0 aromatic carbocycles. The Morgan fingerprint density at radius 1 is 0.939 bits per heavy atom. The molecule has 0 spiro atoms. The van der Waals surface area contributed by atoms with Crippen molar-refractivity contribution in [1.82, 2.24) is 15.5 Å². The summed E-state index contributed by atoms with van der Waals surface area (Å²) >= 11 is 0. The lowest BCUT2D eigenvalue weighted by molar-refractivity contribution is -0.142. The fraction of sp³-hybridized carbons (Fsp3) is 0.375. The van der Waals surface area contributed by atoms with Gasteiger partial charge >= 0.3 is 0 Å². The lowest BCUT2D eigenvalue weighted by Crippen LogP contribution is -2.49. The lowest BCUT2D eigenvalue weighted by atomic mass is 9.95. The van der Waals surface area contributed by atoms with E-state index in [1.807, 2.05) is 0 Å². The van der Waals surface area contributed by atoms with Crippen molar-refractivity contribution in [1.29, 1.82) is 0 Å². The largest absolute Gasteiger partial charge is 0.467 e. The zero-order valence-corrected chi connectivity index (χ0v) is 18.2. The summed E-state index contributed by atoms with van der Waals surface area (Å²) in [6.07, 6.45) is 9.43. The SMILES string of the molecule is O=C(NCC(=O)N(Cc1ccco1)[C@@H](C(=O)NC1CCCCC1)c1ccco1)c1ccco1. The smallest absolute Gasteiger partial charge is 0.287 e. The van der Waals surface area contributed by atoms with Crippen LogP contribution < -0.4 is 10.6 Å². The first-order valence-electron chi connectivity index (χ1n) is 11.1. The maximum Gasteiger partial charge on any atom is 0.287 e. The standard InChI is InChI=1S/C24H27N3O6/c28-21(15-25-23(29)20-11-6-14-33-20)27(16-18-9-4-12-31-18)22(19-10-5-13-32-19)24(30)26-17-7-2-1-3-8-17/h4-6,9-14,17,22H,1-3,7-8,15-16H2,(H,25,29)(H,26,30)/t22-/m1/s1. The Balaban J connectivity index is 1.55. The Bertz CT molecular complexity index is 1020. The molecule has 4 rings (SSSR count). The number of rotatable bonds is 9. The van der Waals surface area contributed by atoms with E-state index in [4.69, 9.17) is 13.3 Å². The van der Waals surface area contributed by atoms with Crippen LogP contribution in [0.5, 0.6) is 0 Å². The van der Waals surface area contributed by atoms with Gasteiger partial charge in [0.25, 0.3) is 11.8 Å². The summed E-state index contributed by atoms with van der Waals surface area (Å²) in [4.78, 5) is 40.3. The van der Waals surface area contributed by atoms with E-state index < -0.39 is 17.9 Å². The fourth-order valence-corrected chi connectivity index (χ4v) is 4.04. The van der Waals surface area contributed by atoms with Crippen LogP contribution in [-0.2, 0) is 16.1 Å². The van der Waals surface area contributed by atoms with Gasteiger partial charge in [0, 0.05) is 6.04 Å². The van der Waals surface area contributed by atoms with Gasteiger partial charge in [-0.3, -0.25) is 14.4 Å². The molecule has 9 heteroatoms. The zero-order valence-electron chi connectivity index (χ0n) is 18.2. The van der Waals surface area contributed by atoms with E-state index in [-0.39, 0.29) is 30.8 Å². The molecule has 3 aromatic heterocycles. The highest BCUT2D eigenvalue weighted by atomic mass is 16.3. The van der Waals surface area contributed by atoms with Crippen molar-refractivity contribution in [3.05, 3.63) is 72.5 Å². The van der Waals surface area contributed by atoms with Crippen molar-refractivity contribution in [2.24, 2.45) is 0 Å². The molecule has 1 aliphatic carbocycles. The molecule has 1 saturated carbocycles. The van der Waals surface area contributed by atoms with Gasteiger partial charge in [-0.05, 0) is 49.2 Å². The third-order valence-corrected chi connectivity index (χ3v) is 5.70. The highest BCUT2D eigenvalue weighted by Crippen LogP contribution is 2.26. The molecule has 0 saturated heterocycles. The number of furan rings is 3. The number of nitrogens with one attached hydrogen (secondary N) is 2. The van der Waals surface area contributed by atoms with Crippen LogP contribution in [0.25, 0.3) is 0 Å². The van der Waals surface area contributed by atoms with Gasteiger partial charge < -0.3 is 28.8 Å². The molecular formula is C24H27N3O6. The van der Waals surface area contributed by atoms with Gasteiger partial charge in [-0.1, -0.05) is 19.3 Å². The maximum absolute atomic E-state index is 13.4. The van der Waals surface area contributed by atoms with E-state index in [1.54, 1.807) is 30.3 Å². The number of nitrogens with zero attached hydrogens (tertiary/aromatic N) is 1. The molecule has 1 aliphatic rings. The first-order chi connectivity index (χ1) is 16.1. The molecule has 174 valence electrons. The van der Waals surface area contributed by atoms with E-state index in [2.05, 4.69) is 10.6 Å². The van der Waals surface area contributed by atoms with Crippen LogP contribution in [0.3, 0.4) is 0 Å². The maximum atomic E-state index is 13.4. The quantitative estimate of drug-likeness (QED) is 0.513. The average molecular weight is 453 g/mol. The second-order valence-corrected chi connectivity index (χ2v) is 8.02. The summed E-state index contributed by atoms with van der Waals surface area (Å²) in [6, 6.07) is 8.90. The van der Waals surface area contributed by atoms with Crippen molar-refractivity contribution in [3.63, 3.8) is 0 Å². The molecule has 0 unspecified atom stereocenters. The van der Waals surface area contributed by atoms with E-state index in [0.717, 1.165) is 32.1 Å². The van der Waals surface area contributed by atoms with E-state index in [9.17, 15) is 14.4 Å². The van der Waals surface area contributed by atoms with Crippen molar-refractivity contribution in [2.45, 2.75) is 50.7 Å². The second kappa shape index (κ2) is 10.7. The minimum atomic E-state index is -1.01. The van der Waals surface area contributed by atoms with E-state index in [0.29, 0.717) is 11.5 Å². The molecule has 3 heterocycles. The lowest BCUT2D eigenvalue weighted by Gasteiger charge is -2.31. The summed E-state index contributed by atoms with van der Waals surface area (Å²) in [6.45, 7) is -0.292. The number of hydrogen-bond acceptors (Lipinski definition) is 6. The van der Waals surface area contributed by atoms with Crippen LogP contribution in [0.2, 0.25) is 0 Å². The van der Waals surface area contributed by atoms with Crippen LogP contribution in [0.15, 0.2) is 68.4 Å². The number of carbonyl (C=O) groups is 3. The third kappa shape index (κ3) is 5.74. The van der Waals surface area contributed by atoms with Crippen LogP contribution in [0.1, 0.15) is 60.2 Å². The minimum absolute atomic E-state index is 0.0336. The van der Waals surface area contributed by atoms with Crippen LogP contribution >= 0.6 is 0 Å². The molecule has 3 aromatic rings. The van der Waals surface area contributed by atoms with Crippen LogP contribution in [-0.4, -0.2) is 35.2 Å². The van der Waals surface area contributed by atoms with Crippen molar-refractivity contribution < 1.29 is 27.6 Å². The molecule has 2 N–H and O–H groups in total. The van der Waals surface area contributed by atoms with Gasteiger partial charge in [-0.25, -0.2) is 0 Å². The molecule has 1 atom stereocenters. The Labute approximate surface area is 191 Å². The van der Waals surface area contributed by atoms with Gasteiger partial charge in [0.15, 0.2) is 11.8 Å². The van der Waals surface area contributed by atoms with Gasteiger partial charge in [0.2, 0.25) is 5.91 Å². The predicted octanol–water partition coefficient (Wildman–Crippen LogP) is 3.41. The normalized spacial score (nSPS) is 15.0. The molecule has 1 fully saturated rings. The molecule has 9 nitrogen and oxygen atoms in total. The molecular weight excluding hydrogens is 426 g/mol. The van der Waals surface area contributed by atoms with Gasteiger partial charge in [0.05, 0.1) is 31.9 Å². The number of carbonyl (C=O) groups excluding carboxylic acids is 3. The topological polar surface area (TPSA) is 118 Å². The first-order valence-corrected chi connectivity index (χ1v) is 11.1. The highest BCUT2D eigenvalue weighted by molar-refractivity contribution is 5.95. The number of amides is 3. The average Bonchev–Trinajstić information content (AvgIpc) is 3.61. The van der Waals surface area contributed by atoms with E-state index >= 15 is 0 Å². The molecule has 0 radical (unpaired) electrons. The van der Waals surface area contributed by atoms with Crippen LogP contribution in [0.4, 0.5) is 0 Å². The zero-order chi connectivity index (χ0) is 23.0. The Morgan fingerprint density at radius 2 is 1.67 bits per heavy atom. The van der Waals surface area contributed by atoms with Gasteiger partial charge in [0.1, 0.15) is 11.5 Å². The first kappa shape index (κ1) is 22.4. The Kier molecular flexibility index (Phi) is 7.29. The predicted molar refractivity (Wildman–Crippen MR) is 117 cm³/mol. The van der Waals surface area contributed by atoms with E-state index in [1.165, 1.54) is 29.8 Å². The summed E-state index contributed by atoms with van der Waals surface area (Å²) in [5.74, 6) is -0.380. The highest BCUT2D eigenvalue weighted by Gasteiger charge is 2.35. The summed E-state index contributed by atoms with van der Waals surface area (Å²) < 4.78 is 16.1. The minimum Gasteiger partial charge on any atom is -0.467 e. The Hall–Kier alpha value is -3.75. The fourth-order valence-electron chi connectivity index (χ4n) is 4.04. The molecule has 0 bridgehead atoms. The van der Waals surface area contributed by atoms with Crippen molar-refractivity contribution in [2.75, 3.05) is 6.54 Å². The van der Waals surface area contributed by atoms with Crippen molar-refractivity contribution >= 4 is 17.7 Å². The molecule has 0 aliphatic heterocycles. The monoisotopic (exact) mass is 453 g/mol. The second-order valence-electron chi connectivity index (χ2n) is 8.02.